The van der Waals surface area contributed by atoms with Gasteiger partial charge in [-0.25, -0.2) is 9.67 Å². The van der Waals surface area contributed by atoms with Gasteiger partial charge in [0.15, 0.2) is 17.1 Å². The monoisotopic (exact) mass is 389 g/mol. The Labute approximate surface area is 165 Å². The SMILES string of the molecule is Nc1nc2c(cnn2CCCOCc2ccccc2)c2nc(-c3ccco3)nn12. The zero-order valence-electron chi connectivity index (χ0n) is 15.6. The molecule has 146 valence electrons. The number of anilines is 1. The number of rotatable bonds is 7. The Morgan fingerprint density at radius 3 is 2.76 bits per heavy atom. The summed E-state index contributed by atoms with van der Waals surface area (Å²) in [6.07, 6.45) is 4.12. The van der Waals surface area contributed by atoms with Crippen LogP contribution in [0.15, 0.2) is 59.3 Å². The van der Waals surface area contributed by atoms with E-state index in [-0.39, 0.29) is 5.95 Å². The van der Waals surface area contributed by atoms with Crippen LogP contribution >= 0.6 is 0 Å². The predicted octanol–water partition coefficient (Wildman–Crippen LogP) is 2.92. The quantitative estimate of drug-likeness (QED) is 0.426. The van der Waals surface area contributed by atoms with Crippen LogP contribution in [0.1, 0.15) is 12.0 Å². The van der Waals surface area contributed by atoms with Gasteiger partial charge in [-0.15, -0.1) is 5.10 Å². The van der Waals surface area contributed by atoms with Gasteiger partial charge in [-0.3, -0.25) is 0 Å². The minimum absolute atomic E-state index is 0.250. The lowest BCUT2D eigenvalue weighted by molar-refractivity contribution is 0.115. The molecule has 9 heteroatoms. The van der Waals surface area contributed by atoms with Crippen molar-refractivity contribution in [3.63, 3.8) is 0 Å². The van der Waals surface area contributed by atoms with Gasteiger partial charge in [-0.05, 0) is 24.1 Å². The fourth-order valence-electron chi connectivity index (χ4n) is 3.21. The van der Waals surface area contributed by atoms with Crippen LogP contribution in [-0.4, -0.2) is 36.0 Å². The lowest BCUT2D eigenvalue weighted by atomic mass is 10.2. The molecule has 0 unspecified atom stereocenters. The van der Waals surface area contributed by atoms with E-state index in [0.29, 0.717) is 42.6 Å². The number of hydrogen-bond donors (Lipinski definition) is 1. The summed E-state index contributed by atoms with van der Waals surface area (Å²) in [7, 11) is 0. The van der Waals surface area contributed by atoms with Crippen molar-refractivity contribution < 1.29 is 9.15 Å². The van der Waals surface area contributed by atoms with E-state index in [1.54, 1.807) is 24.6 Å². The molecule has 0 atom stereocenters. The highest BCUT2D eigenvalue weighted by molar-refractivity contribution is 5.90. The lowest BCUT2D eigenvalue weighted by Gasteiger charge is -2.06. The zero-order valence-corrected chi connectivity index (χ0v) is 15.6. The number of nitrogens with zero attached hydrogens (tertiary/aromatic N) is 6. The molecule has 5 rings (SSSR count). The van der Waals surface area contributed by atoms with E-state index in [0.717, 1.165) is 17.4 Å². The number of aromatic nitrogens is 6. The average Bonchev–Trinajstić information content (AvgIpc) is 3.48. The van der Waals surface area contributed by atoms with Crippen molar-refractivity contribution in [1.82, 2.24) is 29.4 Å². The summed E-state index contributed by atoms with van der Waals surface area (Å²) in [6, 6.07) is 13.7. The van der Waals surface area contributed by atoms with E-state index < -0.39 is 0 Å². The van der Waals surface area contributed by atoms with Gasteiger partial charge in [0.2, 0.25) is 11.8 Å². The molecule has 0 fully saturated rings. The van der Waals surface area contributed by atoms with Crippen molar-refractivity contribution in [3.05, 3.63) is 60.5 Å². The van der Waals surface area contributed by atoms with Crippen molar-refractivity contribution >= 4 is 22.6 Å². The summed E-state index contributed by atoms with van der Waals surface area (Å²) < 4.78 is 14.5. The highest BCUT2D eigenvalue weighted by atomic mass is 16.5. The maximum absolute atomic E-state index is 6.11. The summed E-state index contributed by atoms with van der Waals surface area (Å²) in [5, 5.41) is 9.64. The molecule has 0 aliphatic heterocycles. The maximum atomic E-state index is 6.11. The Morgan fingerprint density at radius 1 is 1.03 bits per heavy atom. The van der Waals surface area contributed by atoms with Crippen molar-refractivity contribution in [2.24, 2.45) is 0 Å². The van der Waals surface area contributed by atoms with Crippen LogP contribution in [0.4, 0.5) is 5.95 Å². The van der Waals surface area contributed by atoms with E-state index in [1.807, 2.05) is 22.9 Å². The summed E-state index contributed by atoms with van der Waals surface area (Å²) >= 11 is 0. The Morgan fingerprint density at radius 2 is 1.93 bits per heavy atom. The molecule has 0 saturated heterocycles. The topological polar surface area (TPSA) is 109 Å². The third-order valence-electron chi connectivity index (χ3n) is 4.61. The van der Waals surface area contributed by atoms with Gasteiger partial charge >= 0.3 is 0 Å². The number of hydrogen-bond acceptors (Lipinski definition) is 7. The Bertz CT molecular complexity index is 1240. The first-order chi connectivity index (χ1) is 14.3. The molecule has 0 saturated carbocycles. The fourth-order valence-corrected chi connectivity index (χ4v) is 3.21. The van der Waals surface area contributed by atoms with Crippen LogP contribution in [0.25, 0.3) is 28.3 Å². The van der Waals surface area contributed by atoms with Gasteiger partial charge in [0.1, 0.15) is 0 Å². The van der Waals surface area contributed by atoms with Crippen LogP contribution in [0.3, 0.4) is 0 Å². The number of aryl methyl sites for hydroxylation is 1. The number of nitrogens with two attached hydrogens (primary N) is 1. The van der Waals surface area contributed by atoms with Crippen molar-refractivity contribution in [2.75, 3.05) is 12.3 Å². The molecule has 0 amide bonds. The second-order valence-electron chi connectivity index (χ2n) is 6.61. The molecule has 0 bridgehead atoms. The molecule has 29 heavy (non-hydrogen) atoms. The zero-order chi connectivity index (χ0) is 19.6. The molecule has 0 spiro atoms. The molecule has 1 aromatic carbocycles. The maximum Gasteiger partial charge on any atom is 0.225 e. The van der Waals surface area contributed by atoms with Gasteiger partial charge < -0.3 is 14.9 Å². The van der Waals surface area contributed by atoms with Crippen LogP contribution in [0, 0.1) is 0 Å². The summed E-state index contributed by atoms with van der Waals surface area (Å²) in [6.45, 7) is 1.89. The minimum Gasteiger partial charge on any atom is -0.461 e. The first-order valence-corrected chi connectivity index (χ1v) is 9.33. The molecule has 0 aliphatic carbocycles. The third kappa shape index (κ3) is 3.32. The van der Waals surface area contributed by atoms with Gasteiger partial charge in [0, 0.05) is 13.2 Å². The van der Waals surface area contributed by atoms with Crippen LogP contribution < -0.4 is 5.73 Å². The molecule has 4 heterocycles. The second-order valence-corrected chi connectivity index (χ2v) is 6.61. The number of ether oxygens (including phenoxy) is 1. The molecule has 9 nitrogen and oxygen atoms in total. The Kier molecular flexibility index (Phi) is 4.41. The van der Waals surface area contributed by atoms with E-state index in [2.05, 4.69) is 32.3 Å². The molecule has 0 radical (unpaired) electrons. The molecular formula is C20H19N7O2. The van der Waals surface area contributed by atoms with E-state index in [1.165, 1.54) is 4.52 Å². The van der Waals surface area contributed by atoms with E-state index in [9.17, 15) is 0 Å². The van der Waals surface area contributed by atoms with Gasteiger partial charge in [-0.2, -0.15) is 14.6 Å². The number of furan rings is 1. The van der Waals surface area contributed by atoms with Crippen molar-refractivity contribution in [1.29, 1.82) is 0 Å². The van der Waals surface area contributed by atoms with E-state index in [4.69, 9.17) is 14.9 Å². The smallest absolute Gasteiger partial charge is 0.225 e. The fraction of sp³-hybridized carbons (Fsp3) is 0.200. The lowest BCUT2D eigenvalue weighted by Crippen LogP contribution is -2.07. The molecule has 4 aromatic heterocycles. The molecule has 2 N–H and O–H groups in total. The first-order valence-electron chi connectivity index (χ1n) is 9.33. The van der Waals surface area contributed by atoms with Crippen molar-refractivity contribution in [2.45, 2.75) is 19.6 Å². The molecular weight excluding hydrogens is 370 g/mol. The number of benzene rings is 1. The third-order valence-corrected chi connectivity index (χ3v) is 4.61. The minimum atomic E-state index is 0.250. The van der Waals surface area contributed by atoms with Crippen molar-refractivity contribution in [3.8, 4) is 11.6 Å². The Hall–Kier alpha value is -3.72. The Balaban J connectivity index is 1.33. The normalized spacial score (nSPS) is 11.6. The molecule has 0 aliphatic rings. The first kappa shape index (κ1) is 17.4. The average molecular weight is 389 g/mol. The summed E-state index contributed by atoms with van der Waals surface area (Å²) in [4.78, 5) is 9.03. The standard InChI is InChI=1S/C20H19N7O2/c21-20-24-18-15(19-23-17(25-27(19)20)16-8-4-11-29-16)12-22-26(18)9-5-10-28-13-14-6-2-1-3-7-14/h1-4,6-8,11-12H,5,9-10,13H2,(H2,21,24). The van der Waals surface area contributed by atoms with Gasteiger partial charge in [0.05, 0.1) is 24.5 Å². The van der Waals surface area contributed by atoms with E-state index >= 15 is 0 Å². The van der Waals surface area contributed by atoms with Crippen LogP contribution in [-0.2, 0) is 17.9 Å². The number of nitrogen functional groups attached to an aromatic ring is 1. The summed E-state index contributed by atoms with van der Waals surface area (Å²) in [5.41, 5.74) is 8.55. The summed E-state index contributed by atoms with van der Waals surface area (Å²) in [5.74, 6) is 1.28. The van der Waals surface area contributed by atoms with Gasteiger partial charge in [-0.1, -0.05) is 30.3 Å². The highest BCUT2D eigenvalue weighted by Gasteiger charge is 2.17. The molecule has 5 aromatic rings. The van der Waals surface area contributed by atoms with Gasteiger partial charge in [0.25, 0.3) is 0 Å². The second kappa shape index (κ2) is 7.36. The largest absolute Gasteiger partial charge is 0.461 e. The van der Waals surface area contributed by atoms with Crippen LogP contribution in [0.5, 0.6) is 0 Å². The number of fused-ring (bicyclic) bond motifs is 3. The van der Waals surface area contributed by atoms with Crippen LogP contribution in [0.2, 0.25) is 0 Å². The predicted molar refractivity (Wildman–Crippen MR) is 107 cm³/mol. The highest BCUT2D eigenvalue weighted by Crippen LogP contribution is 2.23.